The van der Waals surface area contributed by atoms with Crippen LogP contribution < -0.4 is 4.74 Å². The van der Waals surface area contributed by atoms with Crippen molar-refractivity contribution in [1.82, 2.24) is 0 Å². The maximum absolute atomic E-state index is 10.7. The molecule has 1 rings (SSSR count). The van der Waals surface area contributed by atoms with Crippen molar-refractivity contribution < 1.29 is 9.53 Å². The number of halogens is 2. The molecule has 0 heterocycles. The molecule has 88 valence electrons. The molecule has 0 aliphatic heterocycles. The number of rotatable bonds is 6. The summed E-state index contributed by atoms with van der Waals surface area (Å²) in [5.41, 5.74) is 0. The lowest BCUT2D eigenvalue weighted by Crippen LogP contribution is -1.99. The van der Waals surface area contributed by atoms with Crippen LogP contribution in [0.4, 0.5) is 0 Å². The van der Waals surface area contributed by atoms with Crippen molar-refractivity contribution in [2.45, 2.75) is 26.2 Å². The summed E-state index contributed by atoms with van der Waals surface area (Å²) in [4.78, 5) is 10.7. The van der Waals surface area contributed by atoms with Gasteiger partial charge in [0.1, 0.15) is 11.5 Å². The van der Waals surface area contributed by atoms with Crippen molar-refractivity contribution in [1.29, 1.82) is 0 Å². The zero-order valence-electron chi connectivity index (χ0n) is 9.13. The van der Waals surface area contributed by atoms with Gasteiger partial charge in [0, 0.05) is 10.9 Å². The Balaban J connectivity index is 2.29. The minimum Gasteiger partial charge on any atom is -0.492 e. The normalized spacial score (nSPS) is 10.2. The first kappa shape index (κ1) is 13.5. The van der Waals surface area contributed by atoms with Gasteiger partial charge in [-0.05, 0) is 38.0 Å². The fraction of sp³-hybridized carbons (Fsp3) is 0.417. The molecule has 2 nitrogen and oxygen atoms in total. The summed E-state index contributed by atoms with van der Waals surface area (Å²) < 4.78 is 6.44. The van der Waals surface area contributed by atoms with E-state index in [0.29, 0.717) is 23.8 Å². The first-order valence-corrected chi connectivity index (χ1v) is 6.34. The predicted molar refractivity (Wildman–Crippen MR) is 69.2 cm³/mol. The van der Waals surface area contributed by atoms with Crippen LogP contribution in [-0.2, 0) is 4.79 Å². The summed E-state index contributed by atoms with van der Waals surface area (Å²) in [6, 6.07) is 5.51. The molecule has 0 saturated heterocycles. The molecule has 0 fully saturated rings. The van der Waals surface area contributed by atoms with Gasteiger partial charge in [-0.2, -0.15) is 0 Å². The van der Waals surface area contributed by atoms with E-state index in [1.807, 2.05) is 12.1 Å². The molecule has 0 aliphatic rings. The second-order valence-electron chi connectivity index (χ2n) is 3.58. The largest absolute Gasteiger partial charge is 0.492 e. The molecule has 1 aromatic carbocycles. The van der Waals surface area contributed by atoms with Gasteiger partial charge in [-0.1, -0.05) is 27.5 Å². The molecule has 0 unspecified atom stereocenters. The molecule has 0 N–H and O–H groups in total. The van der Waals surface area contributed by atoms with Crippen LogP contribution in [0, 0.1) is 0 Å². The Kier molecular flexibility index (Phi) is 5.85. The smallest absolute Gasteiger partial charge is 0.137 e. The lowest BCUT2D eigenvalue weighted by atomic mass is 10.2. The van der Waals surface area contributed by atoms with E-state index in [1.54, 1.807) is 13.0 Å². The van der Waals surface area contributed by atoms with E-state index in [4.69, 9.17) is 16.3 Å². The van der Waals surface area contributed by atoms with Crippen LogP contribution in [0.1, 0.15) is 26.2 Å². The standard InChI is InChI=1S/C12H14BrClO2/c1-9(15)4-2-3-7-16-12-6-5-10(13)8-11(12)14/h5-6,8H,2-4,7H2,1H3. The summed E-state index contributed by atoms with van der Waals surface area (Å²) >= 11 is 9.31. The SMILES string of the molecule is CC(=O)CCCCOc1ccc(Br)cc1Cl. The van der Waals surface area contributed by atoms with E-state index in [0.717, 1.165) is 17.3 Å². The van der Waals surface area contributed by atoms with Crippen molar-refractivity contribution in [2.24, 2.45) is 0 Å². The maximum atomic E-state index is 10.7. The molecule has 0 bridgehead atoms. The van der Waals surface area contributed by atoms with Crippen LogP contribution in [0.5, 0.6) is 5.75 Å². The molecule has 16 heavy (non-hydrogen) atoms. The molecule has 1 aromatic rings. The predicted octanol–water partition coefficient (Wildman–Crippen LogP) is 4.24. The van der Waals surface area contributed by atoms with Crippen molar-refractivity contribution >= 4 is 33.3 Å². The molecule has 0 radical (unpaired) electrons. The first-order valence-electron chi connectivity index (χ1n) is 5.17. The number of hydrogen-bond acceptors (Lipinski definition) is 2. The van der Waals surface area contributed by atoms with Crippen LogP contribution >= 0.6 is 27.5 Å². The molecule has 0 spiro atoms. The van der Waals surface area contributed by atoms with Gasteiger partial charge >= 0.3 is 0 Å². The summed E-state index contributed by atoms with van der Waals surface area (Å²) in [6.07, 6.45) is 2.35. The summed E-state index contributed by atoms with van der Waals surface area (Å²) in [5, 5.41) is 0.598. The Morgan fingerprint density at radius 3 is 2.81 bits per heavy atom. The van der Waals surface area contributed by atoms with Gasteiger partial charge in [0.05, 0.1) is 11.6 Å². The average Bonchev–Trinajstić information content (AvgIpc) is 2.20. The van der Waals surface area contributed by atoms with Crippen molar-refractivity contribution in [3.05, 3.63) is 27.7 Å². The molecule has 0 aromatic heterocycles. The van der Waals surface area contributed by atoms with Crippen LogP contribution in [0.15, 0.2) is 22.7 Å². The highest BCUT2D eigenvalue weighted by Crippen LogP contribution is 2.27. The Bertz CT molecular complexity index is 366. The number of carbonyl (C=O) groups is 1. The second kappa shape index (κ2) is 6.92. The highest BCUT2D eigenvalue weighted by atomic mass is 79.9. The lowest BCUT2D eigenvalue weighted by Gasteiger charge is -2.07. The Labute approximate surface area is 109 Å². The Hall–Kier alpha value is -0.540. The van der Waals surface area contributed by atoms with Crippen LogP contribution in [0.25, 0.3) is 0 Å². The number of benzene rings is 1. The zero-order valence-corrected chi connectivity index (χ0v) is 11.5. The number of ketones is 1. The molecule has 0 amide bonds. The number of unbranched alkanes of at least 4 members (excludes halogenated alkanes) is 1. The quantitative estimate of drug-likeness (QED) is 0.735. The second-order valence-corrected chi connectivity index (χ2v) is 4.91. The van der Waals surface area contributed by atoms with Crippen LogP contribution in [-0.4, -0.2) is 12.4 Å². The van der Waals surface area contributed by atoms with Crippen LogP contribution in [0.2, 0.25) is 5.02 Å². The monoisotopic (exact) mass is 304 g/mol. The van der Waals surface area contributed by atoms with Gasteiger partial charge in [-0.3, -0.25) is 0 Å². The highest BCUT2D eigenvalue weighted by molar-refractivity contribution is 9.10. The van der Waals surface area contributed by atoms with Gasteiger partial charge in [-0.15, -0.1) is 0 Å². The summed E-state index contributed by atoms with van der Waals surface area (Å²) in [6.45, 7) is 2.20. The average molecular weight is 306 g/mol. The number of Topliss-reactive ketones (excluding diaryl/α,β-unsaturated/α-hetero) is 1. The van der Waals surface area contributed by atoms with Crippen molar-refractivity contribution in [2.75, 3.05) is 6.61 Å². The van der Waals surface area contributed by atoms with Crippen molar-refractivity contribution in [3.8, 4) is 5.75 Å². The number of hydrogen-bond donors (Lipinski definition) is 0. The Morgan fingerprint density at radius 1 is 1.44 bits per heavy atom. The van der Waals surface area contributed by atoms with Crippen LogP contribution in [0.3, 0.4) is 0 Å². The van der Waals surface area contributed by atoms with E-state index < -0.39 is 0 Å². The summed E-state index contributed by atoms with van der Waals surface area (Å²) in [7, 11) is 0. The third kappa shape index (κ3) is 4.99. The van der Waals surface area contributed by atoms with E-state index in [9.17, 15) is 4.79 Å². The van der Waals surface area contributed by atoms with Gasteiger partial charge < -0.3 is 9.53 Å². The van der Waals surface area contributed by atoms with Gasteiger partial charge in [-0.25, -0.2) is 0 Å². The molecule has 4 heteroatoms. The third-order valence-electron chi connectivity index (χ3n) is 2.07. The summed E-state index contributed by atoms with van der Waals surface area (Å²) in [5.74, 6) is 0.911. The van der Waals surface area contributed by atoms with E-state index in [1.165, 1.54) is 0 Å². The molecule has 0 atom stereocenters. The highest BCUT2D eigenvalue weighted by Gasteiger charge is 2.01. The first-order chi connectivity index (χ1) is 7.59. The maximum Gasteiger partial charge on any atom is 0.137 e. The number of ether oxygens (including phenoxy) is 1. The van der Waals surface area contributed by atoms with Gasteiger partial charge in [0.15, 0.2) is 0 Å². The van der Waals surface area contributed by atoms with Gasteiger partial charge in [0.25, 0.3) is 0 Å². The lowest BCUT2D eigenvalue weighted by molar-refractivity contribution is -0.117. The van der Waals surface area contributed by atoms with E-state index in [-0.39, 0.29) is 5.78 Å². The van der Waals surface area contributed by atoms with Crippen molar-refractivity contribution in [3.63, 3.8) is 0 Å². The Morgan fingerprint density at radius 2 is 2.19 bits per heavy atom. The van der Waals surface area contributed by atoms with E-state index >= 15 is 0 Å². The fourth-order valence-corrected chi connectivity index (χ4v) is 1.98. The minimum atomic E-state index is 0.224. The zero-order chi connectivity index (χ0) is 12.0. The third-order valence-corrected chi connectivity index (χ3v) is 2.86. The molecular formula is C12H14BrClO2. The fourth-order valence-electron chi connectivity index (χ4n) is 1.25. The molecular weight excluding hydrogens is 291 g/mol. The minimum absolute atomic E-state index is 0.224. The molecule has 0 aliphatic carbocycles. The molecule has 0 saturated carbocycles. The number of carbonyl (C=O) groups excluding carboxylic acids is 1. The van der Waals surface area contributed by atoms with Gasteiger partial charge in [0.2, 0.25) is 0 Å². The topological polar surface area (TPSA) is 26.3 Å². The van der Waals surface area contributed by atoms with E-state index in [2.05, 4.69) is 15.9 Å².